The van der Waals surface area contributed by atoms with E-state index in [1.54, 1.807) is 11.4 Å². The topological polar surface area (TPSA) is 3.24 Å². The van der Waals surface area contributed by atoms with Gasteiger partial charge in [-0.2, -0.15) is 0 Å². The summed E-state index contributed by atoms with van der Waals surface area (Å²) in [5.74, 6) is 0.545. The third-order valence-electron chi connectivity index (χ3n) is 0.740. The van der Waals surface area contributed by atoms with Gasteiger partial charge < -0.3 is 0 Å². The van der Waals surface area contributed by atoms with Crippen molar-refractivity contribution in [1.82, 2.24) is 4.31 Å². The SMILES string of the molecule is CC(C)CN(C)SF. The van der Waals surface area contributed by atoms with Gasteiger partial charge in [0.05, 0.1) is 0 Å². The van der Waals surface area contributed by atoms with Crippen LogP contribution in [-0.2, 0) is 0 Å². The van der Waals surface area contributed by atoms with Crippen molar-refractivity contribution in [1.29, 1.82) is 0 Å². The Balaban J connectivity index is 3.10. The first kappa shape index (κ1) is 8.24. The highest BCUT2D eigenvalue weighted by atomic mass is 32.2. The minimum Gasteiger partial charge on any atom is -0.225 e. The average molecular weight is 137 g/mol. The molecule has 0 amide bonds. The molecule has 1 nitrogen and oxygen atoms in total. The van der Waals surface area contributed by atoms with Crippen molar-refractivity contribution in [3.05, 3.63) is 0 Å². The van der Waals surface area contributed by atoms with Gasteiger partial charge in [-0.05, 0) is 13.0 Å². The fourth-order valence-corrected chi connectivity index (χ4v) is 0.897. The van der Waals surface area contributed by atoms with E-state index in [1.807, 2.05) is 0 Å². The van der Waals surface area contributed by atoms with Crippen molar-refractivity contribution in [2.24, 2.45) is 5.92 Å². The van der Waals surface area contributed by atoms with Gasteiger partial charge in [-0.1, -0.05) is 13.8 Å². The molecule has 0 aromatic heterocycles. The average Bonchev–Trinajstić information content (AvgIpc) is 1.65. The van der Waals surface area contributed by atoms with Gasteiger partial charge in [0.15, 0.2) is 0 Å². The first-order valence-corrected chi connectivity index (χ1v) is 3.34. The normalized spacial score (nSPS) is 11.2. The highest BCUT2D eigenvalue weighted by Crippen LogP contribution is 2.08. The lowest BCUT2D eigenvalue weighted by Crippen LogP contribution is -2.13. The summed E-state index contributed by atoms with van der Waals surface area (Å²) in [5.41, 5.74) is 0. The van der Waals surface area contributed by atoms with Crippen LogP contribution in [0.1, 0.15) is 13.8 Å². The quantitative estimate of drug-likeness (QED) is 0.548. The molecule has 0 spiro atoms. The van der Waals surface area contributed by atoms with Crippen LogP contribution in [0.2, 0.25) is 0 Å². The number of rotatable bonds is 3. The van der Waals surface area contributed by atoms with Gasteiger partial charge in [0.2, 0.25) is 0 Å². The maximum atomic E-state index is 11.6. The fourth-order valence-electron chi connectivity index (χ4n) is 0.542. The van der Waals surface area contributed by atoms with Crippen LogP contribution in [0.15, 0.2) is 0 Å². The second-order valence-corrected chi connectivity index (χ2v) is 3.03. The monoisotopic (exact) mass is 137 g/mol. The molecule has 0 aliphatic heterocycles. The Hall–Kier alpha value is 0.240. The molecule has 0 bridgehead atoms. The second kappa shape index (κ2) is 4.15. The van der Waals surface area contributed by atoms with Crippen LogP contribution in [0, 0.1) is 5.92 Å². The molecule has 0 saturated heterocycles. The lowest BCUT2D eigenvalue weighted by molar-refractivity contribution is 0.456. The number of hydrogen-bond donors (Lipinski definition) is 0. The summed E-state index contributed by atoms with van der Waals surface area (Å²) in [6.07, 6.45) is 0. The van der Waals surface area contributed by atoms with E-state index in [-0.39, 0.29) is 12.3 Å². The van der Waals surface area contributed by atoms with Crippen molar-refractivity contribution >= 4 is 12.3 Å². The highest BCUT2D eigenvalue weighted by molar-refractivity contribution is 7.91. The maximum absolute atomic E-state index is 11.6. The third-order valence-corrected chi connectivity index (χ3v) is 1.12. The van der Waals surface area contributed by atoms with Gasteiger partial charge in [0.25, 0.3) is 0 Å². The van der Waals surface area contributed by atoms with Crippen LogP contribution in [0.4, 0.5) is 3.89 Å². The number of hydrogen-bond acceptors (Lipinski definition) is 2. The van der Waals surface area contributed by atoms with Crippen molar-refractivity contribution < 1.29 is 3.89 Å². The summed E-state index contributed by atoms with van der Waals surface area (Å²) >= 11 is 0.286. The predicted molar refractivity (Wildman–Crippen MR) is 36.2 cm³/mol. The number of halogens is 1. The third kappa shape index (κ3) is 4.40. The largest absolute Gasteiger partial charge is 0.225 e. The first-order chi connectivity index (χ1) is 3.66. The van der Waals surface area contributed by atoms with Crippen LogP contribution < -0.4 is 0 Å². The molecule has 0 heterocycles. The Morgan fingerprint density at radius 3 is 2.25 bits per heavy atom. The predicted octanol–water partition coefficient (Wildman–Crippen LogP) is 2.11. The van der Waals surface area contributed by atoms with E-state index in [0.717, 1.165) is 6.54 Å². The molecule has 0 atom stereocenters. The smallest absolute Gasteiger partial charge is 0.134 e. The van der Waals surface area contributed by atoms with Gasteiger partial charge >= 0.3 is 0 Å². The Morgan fingerprint density at radius 2 is 2.12 bits per heavy atom. The summed E-state index contributed by atoms with van der Waals surface area (Å²) in [4.78, 5) is 0. The van der Waals surface area contributed by atoms with E-state index in [2.05, 4.69) is 13.8 Å². The molecule has 8 heavy (non-hydrogen) atoms. The molecular formula is C5H12FNS. The maximum Gasteiger partial charge on any atom is 0.134 e. The molecule has 50 valence electrons. The molecule has 0 aromatic rings. The van der Waals surface area contributed by atoms with Crippen LogP contribution >= 0.6 is 12.3 Å². The molecule has 0 rings (SSSR count). The van der Waals surface area contributed by atoms with Gasteiger partial charge in [-0.25, -0.2) is 4.31 Å². The Labute approximate surface area is 54.7 Å². The van der Waals surface area contributed by atoms with E-state index in [4.69, 9.17) is 0 Å². The lowest BCUT2D eigenvalue weighted by Gasteiger charge is -2.11. The van der Waals surface area contributed by atoms with Crippen molar-refractivity contribution in [2.75, 3.05) is 13.6 Å². The summed E-state index contributed by atoms with van der Waals surface area (Å²) in [6, 6.07) is 0. The summed E-state index contributed by atoms with van der Waals surface area (Å²) in [6.45, 7) is 4.93. The van der Waals surface area contributed by atoms with E-state index < -0.39 is 0 Å². The Kier molecular flexibility index (Phi) is 4.28. The molecular weight excluding hydrogens is 125 g/mol. The molecule has 0 unspecified atom stereocenters. The van der Waals surface area contributed by atoms with E-state index in [9.17, 15) is 3.89 Å². The highest BCUT2D eigenvalue weighted by Gasteiger charge is 1.99. The minimum absolute atomic E-state index is 0.286. The van der Waals surface area contributed by atoms with E-state index in [1.165, 1.54) is 0 Å². The van der Waals surface area contributed by atoms with Crippen molar-refractivity contribution in [3.8, 4) is 0 Å². The summed E-state index contributed by atoms with van der Waals surface area (Å²) < 4.78 is 13.2. The second-order valence-electron chi connectivity index (χ2n) is 2.27. The summed E-state index contributed by atoms with van der Waals surface area (Å²) in [5, 5.41) is 0. The molecule has 0 aromatic carbocycles. The van der Waals surface area contributed by atoms with Gasteiger partial charge in [0, 0.05) is 6.54 Å². The molecule has 0 aliphatic carbocycles. The minimum atomic E-state index is 0.286. The summed E-state index contributed by atoms with van der Waals surface area (Å²) in [7, 11) is 1.74. The van der Waals surface area contributed by atoms with Gasteiger partial charge in [-0.3, -0.25) is 0 Å². The zero-order valence-electron chi connectivity index (χ0n) is 5.52. The zero-order chi connectivity index (χ0) is 6.57. The Morgan fingerprint density at radius 1 is 1.62 bits per heavy atom. The standard InChI is InChI=1S/C5H12FNS/c1-5(2)4-7(3)8-6/h5H,4H2,1-3H3. The Bertz CT molecular complexity index is 58.4. The zero-order valence-corrected chi connectivity index (χ0v) is 6.33. The van der Waals surface area contributed by atoms with Crippen molar-refractivity contribution in [2.45, 2.75) is 13.8 Å². The van der Waals surface area contributed by atoms with Gasteiger partial charge in [0.1, 0.15) is 12.3 Å². The van der Waals surface area contributed by atoms with Crippen LogP contribution in [0.5, 0.6) is 0 Å². The van der Waals surface area contributed by atoms with E-state index >= 15 is 0 Å². The van der Waals surface area contributed by atoms with Crippen molar-refractivity contribution in [3.63, 3.8) is 0 Å². The number of nitrogens with zero attached hydrogens (tertiary/aromatic N) is 1. The van der Waals surface area contributed by atoms with E-state index in [0.29, 0.717) is 5.92 Å². The lowest BCUT2D eigenvalue weighted by atomic mass is 10.2. The molecule has 3 heteroatoms. The fraction of sp³-hybridized carbons (Fsp3) is 1.00. The molecule has 0 saturated carbocycles. The van der Waals surface area contributed by atoms with Crippen LogP contribution in [0.25, 0.3) is 0 Å². The first-order valence-electron chi connectivity index (χ1n) is 2.66. The molecule has 0 aliphatic rings. The van der Waals surface area contributed by atoms with Crippen LogP contribution in [-0.4, -0.2) is 17.9 Å². The van der Waals surface area contributed by atoms with Gasteiger partial charge in [-0.15, -0.1) is 3.89 Å². The molecule has 0 fully saturated rings. The van der Waals surface area contributed by atoms with Crippen LogP contribution in [0.3, 0.4) is 0 Å². The molecule has 0 N–H and O–H groups in total. The molecule has 0 radical (unpaired) electrons.